The molecule has 1 aliphatic heterocycles. The SMILES string of the molecule is O=C(O)[C@@H]1CN(C(=O)O)C[C@H](CO)O1. The first-order valence-electron chi connectivity index (χ1n) is 4.01. The van der Waals surface area contributed by atoms with Gasteiger partial charge in [0.15, 0.2) is 6.10 Å². The number of carboxylic acid groups (broad SMARTS) is 2. The molecule has 7 nitrogen and oxygen atoms in total. The molecule has 0 aromatic heterocycles. The van der Waals surface area contributed by atoms with E-state index in [9.17, 15) is 9.59 Å². The van der Waals surface area contributed by atoms with Gasteiger partial charge in [0.25, 0.3) is 0 Å². The number of aliphatic carboxylic acids is 1. The zero-order valence-corrected chi connectivity index (χ0v) is 7.29. The molecule has 0 unspecified atom stereocenters. The summed E-state index contributed by atoms with van der Waals surface area (Å²) in [4.78, 5) is 22.1. The average molecular weight is 205 g/mol. The zero-order valence-electron chi connectivity index (χ0n) is 7.29. The highest BCUT2D eigenvalue weighted by molar-refractivity contribution is 5.74. The summed E-state index contributed by atoms with van der Waals surface area (Å²) >= 11 is 0. The van der Waals surface area contributed by atoms with Gasteiger partial charge in [-0.2, -0.15) is 0 Å². The number of carbonyl (C=O) groups is 2. The summed E-state index contributed by atoms with van der Waals surface area (Å²) < 4.78 is 4.92. The highest BCUT2D eigenvalue weighted by atomic mass is 16.5. The quantitative estimate of drug-likeness (QED) is 0.523. The molecule has 1 rings (SSSR count). The molecule has 1 aliphatic rings. The second-order valence-corrected chi connectivity index (χ2v) is 2.96. The van der Waals surface area contributed by atoms with Gasteiger partial charge in [-0.25, -0.2) is 9.59 Å². The molecule has 1 amide bonds. The van der Waals surface area contributed by atoms with Gasteiger partial charge in [-0.05, 0) is 0 Å². The molecule has 0 aliphatic carbocycles. The Labute approximate surface area is 79.5 Å². The van der Waals surface area contributed by atoms with Crippen molar-refractivity contribution < 1.29 is 29.6 Å². The van der Waals surface area contributed by atoms with E-state index in [1.54, 1.807) is 0 Å². The lowest BCUT2D eigenvalue weighted by Gasteiger charge is -2.33. The van der Waals surface area contributed by atoms with Gasteiger partial charge in [0.2, 0.25) is 0 Å². The minimum atomic E-state index is -1.23. The summed E-state index contributed by atoms with van der Waals surface area (Å²) in [5.41, 5.74) is 0. The first kappa shape index (κ1) is 10.7. The Morgan fingerprint density at radius 2 is 2.00 bits per heavy atom. The van der Waals surface area contributed by atoms with Crippen LogP contribution in [-0.4, -0.2) is 64.2 Å². The topological polar surface area (TPSA) is 107 Å². The Morgan fingerprint density at radius 3 is 2.43 bits per heavy atom. The van der Waals surface area contributed by atoms with Gasteiger partial charge in [0, 0.05) is 0 Å². The van der Waals surface area contributed by atoms with Crippen molar-refractivity contribution in [1.29, 1.82) is 0 Å². The molecule has 1 saturated heterocycles. The third-order valence-corrected chi connectivity index (χ3v) is 1.92. The molecular weight excluding hydrogens is 194 g/mol. The standard InChI is InChI=1S/C7H11NO6/c9-3-4-1-8(7(12)13)2-5(14-4)6(10)11/h4-5,9H,1-3H2,(H,10,11)(H,12,13)/t4-,5+/m1/s1. The van der Waals surface area contributed by atoms with Crippen LogP contribution in [0, 0.1) is 0 Å². The Morgan fingerprint density at radius 1 is 1.36 bits per heavy atom. The fourth-order valence-corrected chi connectivity index (χ4v) is 1.23. The van der Waals surface area contributed by atoms with Crippen LogP contribution in [-0.2, 0) is 9.53 Å². The van der Waals surface area contributed by atoms with Gasteiger partial charge < -0.3 is 25.0 Å². The van der Waals surface area contributed by atoms with Crippen molar-refractivity contribution >= 4 is 12.1 Å². The minimum Gasteiger partial charge on any atom is -0.479 e. The molecule has 0 spiro atoms. The van der Waals surface area contributed by atoms with Crippen molar-refractivity contribution in [2.75, 3.05) is 19.7 Å². The van der Waals surface area contributed by atoms with Crippen LogP contribution < -0.4 is 0 Å². The van der Waals surface area contributed by atoms with Crippen LogP contribution in [0.25, 0.3) is 0 Å². The molecule has 0 bridgehead atoms. The number of hydrogen-bond donors (Lipinski definition) is 3. The van der Waals surface area contributed by atoms with E-state index in [0.717, 1.165) is 4.90 Å². The number of hydrogen-bond acceptors (Lipinski definition) is 4. The highest BCUT2D eigenvalue weighted by Crippen LogP contribution is 2.11. The second-order valence-electron chi connectivity index (χ2n) is 2.96. The Bertz CT molecular complexity index is 220. The maximum absolute atomic E-state index is 10.6. The summed E-state index contributed by atoms with van der Waals surface area (Å²) in [5.74, 6) is -1.23. The van der Waals surface area contributed by atoms with Crippen molar-refractivity contribution in [1.82, 2.24) is 4.90 Å². The minimum absolute atomic E-state index is 0.00435. The third kappa shape index (κ3) is 2.33. The molecule has 14 heavy (non-hydrogen) atoms. The number of ether oxygens (including phenoxy) is 1. The summed E-state index contributed by atoms with van der Waals surface area (Å²) in [6, 6.07) is 0. The van der Waals surface area contributed by atoms with E-state index in [2.05, 4.69) is 0 Å². The van der Waals surface area contributed by atoms with E-state index < -0.39 is 30.9 Å². The Hall–Kier alpha value is -1.34. The number of aliphatic hydroxyl groups excluding tert-OH is 1. The molecule has 7 heteroatoms. The number of morpholine rings is 1. The van der Waals surface area contributed by atoms with Crippen LogP contribution in [0.1, 0.15) is 0 Å². The van der Waals surface area contributed by atoms with E-state index in [4.69, 9.17) is 20.1 Å². The smallest absolute Gasteiger partial charge is 0.407 e. The van der Waals surface area contributed by atoms with Crippen molar-refractivity contribution in [2.45, 2.75) is 12.2 Å². The lowest BCUT2D eigenvalue weighted by atomic mass is 10.2. The average Bonchev–Trinajstić information content (AvgIpc) is 2.16. The van der Waals surface area contributed by atoms with E-state index in [1.165, 1.54) is 0 Å². The van der Waals surface area contributed by atoms with Crippen LogP contribution in [0.4, 0.5) is 4.79 Å². The molecular formula is C7H11NO6. The van der Waals surface area contributed by atoms with Crippen LogP contribution in [0.3, 0.4) is 0 Å². The largest absolute Gasteiger partial charge is 0.479 e. The van der Waals surface area contributed by atoms with E-state index >= 15 is 0 Å². The molecule has 0 aromatic rings. The molecule has 2 atom stereocenters. The normalized spacial score (nSPS) is 27.4. The number of rotatable bonds is 2. The second kappa shape index (κ2) is 4.25. The van der Waals surface area contributed by atoms with Gasteiger partial charge in [-0.1, -0.05) is 0 Å². The number of nitrogens with zero attached hydrogens (tertiary/aromatic N) is 1. The van der Waals surface area contributed by atoms with Crippen molar-refractivity contribution in [3.63, 3.8) is 0 Å². The summed E-state index contributed by atoms with van der Waals surface area (Å²) in [5, 5.41) is 26.0. The highest BCUT2D eigenvalue weighted by Gasteiger charge is 2.33. The molecule has 80 valence electrons. The van der Waals surface area contributed by atoms with Crippen molar-refractivity contribution in [3.8, 4) is 0 Å². The summed E-state index contributed by atoms with van der Waals surface area (Å²) in [6.07, 6.45) is -3.17. The maximum atomic E-state index is 10.6. The Kier molecular flexibility index (Phi) is 3.26. The fourth-order valence-electron chi connectivity index (χ4n) is 1.23. The first-order valence-corrected chi connectivity index (χ1v) is 4.01. The van der Waals surface area contributed by atoms with Gasteiger partial charge in [-0.3, -0.25) is 0 Å². The maximum Gasteiger partial charge on any atom is 0.407 e. The predicted octanol–water partition coefficient (Wildman–Crippen LogP) is -1.19. The van der Waals surface area contributed by atoms with Gasteiger partial charge in [0.1, 0.15) is 0 Å². The van der Waals surface area contributed by atoms with Crippen molar-refractivity contribution in [3.05, 3.63) is 0 Å². The molecule has 1 fully saturated rings. The van der Waals surface area contributed by atoms with Crippen LogP contribution in [0.2, 0.25) is 0 Å². The van der Waals surface area contributed by atoms with Crippen LogP contribution >= 0.6 is 0 Å². The lowest BCUT2D eigenvalue weighted by molar-refractivity contribution is -0.164. The molecule has 0 radical (unpaired) electrons. The van der Waals surface area contributed by atoms with E-state index in [1.807, 2.05) is 0 Å². The monoisotopic (exact) mass is 205 g/mol. The molecule has 0 aromatic carbocycles. The molecule has 3 N–H and O–H groups in total. The summed E-state index contributed by atoms with van der Waals surface area (Å²) in [6.45, 7) is -0.607. The lowest BCUT2D eigenvalue weighted by Crippen LogP contribution is -2.53. The van der Waals surface area contributed by atoms with Gasteiger partial charge in [0.05, 0.1) is 25.8 Å². The van der Waals surface area contributed by atoms with Crippen LogP contribution in [0.15, 0.2) is 0 Å². The molecule has 0 saturated carbocycles. The van der Waals surface area contributed by atoms with Gasteiger partial charge in [-0.15, -0.1) is 0 Å². The zero-order chi connectivity index (χ0) is 10.7. The number of aliphatic hydroxyl groups is 1. The fraction of sp³-hybridized carbons (Fsp3) is 0.714. The third-order valence-electron chi connectivity index (χ3n) is 1.92. The number of amides is 1. The Balaban J connectivity index is 2.66. The van der Waals surface area contributed by atoms with Crippen molar-refractivity contribution in [2.24, 2.45) is 0 Å². The molecule has 1 heterocycles. The van der Waals surface area contributed by atoms with Crippen LogP contribution in [0.5, 0.6) is 0 Å². The van der Waals surface area contributed by atoms with Gasteiger partial charge >= 0.3 is 12.1 Å². The van der Waals surface area contributed by atoms with E-state index in [-0.39, 0.29) is 13.1 Å². The van der Waals surface area contributed by atoms with E-state index in [0.29, 0.717) is 0 Å². The summed E-state index contributed by atoms with van der Waals surface area (Å²) in [7, 11) is 0. The first-order chi connectivity index (χ1) is 6.54. The number of carboxylic acids is 1. The predicted molar refractivity (Wildman–Crippen MR) is 43.0 cm³/mol.